The SMILES string of the molecule is CC1CCC(CNc2c(NN[C@@H](CO)c3ccccc3)nc(C(=N)NC(=O)O)nc2-c2cccc(Cl)c2)CC1. The van der Waals surface area contributed by atoms with E-state index < -0.39 is 18.0 Å². The molecule has 0 bridgehead atoms. The second kappa shape index (κ2) is 13.4. The van der Waals surface area contributed by atoms with Crippen LogP contribution in [0.2, 0.25) is 5.02 Å². The number of aliphatic hydroxyl groups is 1. The summed E-state index contributed by atoms with van der Waals surface area (Å²) >= 11 is 6.31. The van der Waals surface area contributed by atoms with Gasteiger partial charge in [0, 0.05) is 17.1 Å². The fourth-order valence-corrected chi connectivity index (χ4v) is 4.88. The minimum atomic E-state index is -1.39. The van der Waals surface area contributed by atoms with Crippen LogP contribution >= 0.6 is 11.6 Å². The van der Waals surface area contributed by atoms with Crippen LogP contribution in [0, 0.1) is 17.2 Å². The van der Waals surface area contributed by atoms with Crippen LogP contribution in [0.25, 0.3) is 11.3 Å². The highest BCUT2D eigenvalue weighted by atomic mass is 35.5. The highest BCUT2D eigenvalue weighted by Gasteiger charge is 2.23. The number of hydrogen-bond acceptors (Lipinski definition) is 8. The van der Waals surface area contributed by atoms with Gasteiger partial charge in [-0.1, -0.05) is 73.8 Å². The van der Waals surface area contributed by atoms with Gasteiger partial charge in [-0.15, -0.1) is 0 Å². The van der Waals surface area contributed by atoms with E-state index in [1.54, 1.807) is 18.2 Å². The summed E-state index contributed by atoms with van der Waals surface area (Å²) in [5.74, 6) is 0.937. The highest BCUT2D eigenvalue weighted by molar-refractivity contribution is 6.30. The normalized spacial score (nSPS) is 17.7. The number of hydrazine groups is 1. The molecular formula is C28H34ClN7O3. The van der Waals surface area contributed by atoms with Gasteiger partial charge in [-0.2, -0.15) is 0 Å². The van der Waals surface area contributed by atoms with Crippen LogP contribution in [0.15, 0.2) is 54.6 Å². The van der Waals surface area contributed by atoms with Crippen LogP contribution in [0.5, 0.6) is 0 Å². The first kappa shape index (κ1) is 28.3. The smallest absolute Gasteiger partial charge is 0.410 e. The molecule has 1 fully saturated rings. The molecule has 1 amide bonds. The molecule has 3 aromatic rings. The second-order valence-electron chi connectivity index (χ2n) is 9.86. The zero-order valence-electron chi connectivity index (χ0n) is 21.7. The van der Waals surface area contributed by atoms with E-state index in [0.29, 0.717) is 40.2 Å². The monoisotopic (exact) mass is 551 g/mol. The van der Waals surface area contributed by atoms with Crippen molar-refractivity contribution in [2.24, 2.45) is 11.8 Å². The fraction of sp³-hybridized carbons (Fsp3) is 0.357. The minimum Gasteiger partial charge on any atom is -0.465 e. The number of anilines is 2. The van der Waals surface area contributed by atoms with Gasteiger partial charge in [-0.3, -0.25) is 10.7 Å². The average Bonchev–Trinajstić information content (AvgIpc) is 2.93. The Morgan fingerprint density at radius 2 is 1.85 bits per heavy atom. The van der Waals surface area contributed by atoms with Crippen molar-refractivity contribution in [3.8, 4) is 11.3 Å². The Morgan fingerprint density at radius 3 is 2.51 bits per heavy atom. The molecule has 1 aromatic heterocycles. The summed E-state index contributed by atoms with van der Waals surface area (Å²) in [6.45, 7) is 2.80. The molecule has 7 N–H and O–H groups in total. The lowest BCUT2D eigenvalue weighted by molar-refractivity contribution is 0.200. The molecule has 0 spiro atoms. The number of carboxylic acid groups (broad SMARTS) is 1. The molecule has 1 aliphatic rings. The Morgan fingerprint density at radius 1 is 1.10 bits per heavy atom. The predicted molar refractivity (Wildman–Crippen MR) is 153 cm³/mol. The number of halogens is 1. The van der Waals surface area contributed by atoms with Gasteiger partial charge in [-0.25, -0.2) is 20.2 Å². The van der Waals surface area contributed by atoms with Crippen molar-refractivity contribution in [1.29, 1.82) is 5.41 Å². The van der Waals surface area contributed by atoms with Crippen molar-refractivity contribution in [3.05, 3.63) is 71.0 Å². The minimum absolute atomic E-state index is 0.117. The third-order valence-electron chi connectivity index (χ3n) is 6.91. The molecule has 1 atom stereocenters. The first-order chi connectivity index (χ1) is 18.8. The maximum absolute atomic E-state index is 11.3. The van der Waals surface area contributed by atoms with E-state index in [2.05, 4.69) is 33.1 Å². The van der Waals surface area contributed by atoms with Crippen LogP contribution in [0.4, 0.5) is 16.3 Å². The Labute approximate surface area is 232 Å². The van der Waals surface area contributed by atoms with E-state index >= 15 is 0 Å². The summed E-state index contributed by atoms with van der Waals surface area (Å²) in [7, 11) is 0. The van der Waals surface area contributed by atoms with Crippen molar-refractivity contribution in [2.45, 2.75) is 38.6 Å². The molecule has 4 rings (SSSR count). The number of carbonyl (C=O) groups is 1. The number of benzene rings is 2. The summed E-state index contributed by atoms with van der Waals surface area (Å²) in [5, 5.41) is 33.5. The van der Waals surface area contributed by atoms with Crippen LogP contribution in [0.3, 0.4) is 0 Å². The van der Waals surface area contributed by atoms with E-state index in [1.165, 1.54) is 12.8 Å². The topological polar surface area (TPSA) is 155 Å². The number of amides is 1. The van der Waals surface area contributed by atoms with Gasteiger partial charge >= 0.3 is 6.09 Å². The second-order valence-corrected chi connectivity index (χ2v) is 10.3. The third kappa shape index (κ3) is 7.66. The molecule has 0 aliphatic heterocycles. The maximum atomic E-state index is 11.3. The molecule has 11 heteroatoms. The van der Waals surface area contributed by atoms with Crippen molar-refractivity contribution < 1.29 is 15.0 Å². The summed E-state index contributed by atoms with van der Waals surface area (Å²) in [5.41, 5.74) is 8.81. The van der Waals surface area contributed by atoms with Crippen LogP contribution in [0.1, 0.15) is 50.0 Å². The van der Waals surface area contributed by atoms with E-state index in [4.69, 9.17) is 17.0 Å². The van der Waals surface area contributed by atoms with E-state index in [9.17, 15) is 15.0 Å². The highest BCUT2D eigenvalue weighted by Crippen LogP contribution is 2.35. The zero-order chi connectivity index (χ0) is 27.8. The summed E-state index contributed by atoms with van der Waals surface area (Å²) < 4.78 is 0. The standard InChI is InChI=1S/C28H34ClN7O3/c1-17-10-12-18(13-11-17)15-31-24-23(20-8-5-9-21(29)14-20)32-27(25(30)33-28(38)39)34-26(24)36-35-22(16-37)19-6-3-2-4-7-19/h2-9,14,17-18,22,31,35,37H,10-13,15-16H2,1H3,(H2,30,33)(H,38,39)(H,32,34,36)/t17?,18?,22-/m0/s1. The molecule has 10 nitrogen and oxygen atoms in total. The zero-order valence-corrected chi connectivity index (χ0v) is 22.5. The molecular weight excluding hydrogens is 518 g/mol. The van der Waals surface area contributed by atoms with Gasteiger partial charge in [-0.05, 0) is 42.4 Å². The van der Waals surface area contributed by atoms with E-state index in [-0.39, 0.29) is 12.4 Å². The van der Waals surface area contributed by atoms with Gasteiger partial charge < -0.3 is 21.0 Å². The fourth-order valence-electron chi connectivity index (χ4n) is 4.69. The molecule has 39 heavy (non-hydrogen) atoms. The van der Waals surface area contributed by atoms with Crippen LogP contribution in [-0.2, 0) is 0 Å². The molecule has 2 aromatic carbocycles. The molecule has 1 saturated carbocycles. The number of nitrogens with zero attached hydrogens (tertiary/aromatic N) is 2. The lowest BCUT2D eigenvalue weighted by Crippen LogP contribution is -2.33. The lowest BCUT2D eigenvalue weighted by atomic mass is 9.83. The van der Waals surface area contributed by atoms with Gasteiger partial charge in [0.05, 0.1) is 18.3 Å². The molecule has 1 aliphatic carbocycles. The van der Waals surface area contributed by atoms with Crippen molar-refractivity contribution >= 4 is 35.0 Å². The molecule has 206 valence electrons. The third-order valence-corrected chi connectivity index (χ3v) is 7.15. The maximum Gasteiger partial charge on any atom is 0.410 e. The molecule has 0 unspecified atom stereocenters. The van der Waals surface area contributed by atoms with Gasteiger partial charge in [0.1, 0.15) is 5.69 Å². The van der Waals surface area contributed by atoms with E-state index in [0.717, 1.165) is 24.3 Å². The van der Waals surface area contributed by atoms with Crippen LogP contribution < -0.4 is 21.5 Å². The first-order valence-corrected chi connectivity index (χ1v) is 13.4. The largest absolute Gasteiger partial charge is 0.465 e. The number of aromatic nitrogens is 2. The van der Waals surface area contributed by atoms with Gasteiger partial charge in [0.15, 0.2) is 17.5 Å². The number of amidine groups is 1. The van der Waals surface area contributed by atoms with Gasteiger partial charge in [0.25, 0.3) is 0 Å². The van der Waals surface area contributed by atoms with Crippen molar-refractivity contribution in [1.82, 2.24) is 20.7 Å². The Bertz CT molecular complexity index is 1280. The van der Waals surface area contributed by atoms with E-state index in [1.807, 2.05) is 41.7 Å². The number of hydrogen-bond donors (Lipinski definition) is 7. The predicted octanol–water partition coefficient (Wildman–Crippen LogP) is 5.28. The lowest BCUT2D eigenvalue weighted by Gasteiger charge is -2.28. The van der Waals surface area contributed by atoms with Crippen molar-refractivity contribution in [2.75, 3.05) is 23.9 Å². The van der Waals surface area contributed by atoms with Crippen molar-refractivity contribution in [3.63, 3.8) is 0 Å². The first-order valence-electron chi connectivity index (χ1n) is 13.0. The molecule has 0 radical (unpaired) electrons. The molecule has 0 saturated heterocycles. The molecule has 1 heterocycles. The van der Waals surface area contributed by atoms with Gasteiger partial charge in [0.2, 0.25) is 0 Å². The van der Waals surface area contributed by atoms with Crippen LogP contribution in [-0.4, -0.2) is 45.3 Å². The average molecular weight is 552 g/mol. The number of rotatable bonds is 10. The summed E-state index contributed by atoms with van der Waals surface area (Å²) in [6.07, 6.45) is 3.22. The summed E-state index contributed by atoms with van der Waals surface area (Å²) in [6, 6.07) is 16.2. The summed E-state index contributed by atoms with van der Waals surface area (Å²) in [4.78, 5) is 20.3. The quantitative estimate of drug-likeness (QED) is 0.102. The Balaban J connectivity index is 1.73. The Hall–Kier alpha value is -3.73. The number of nitrogens with one attached hydrogen (secondary N) is 5. The number of aliphatic hydroxyl groups excluding tert-OH is 1. The Kier molecular flexibility index (Phi) is 9.69.